The summed E-state index contributed by atoms with van der Waals surface area (Å²) in [5.74, 6) is 0.469. The van der Waals surface area contributed by atoms with Gasteiger partial charge in [-0.1, -0.05) is 6.92 Å². The molecule has 4 nitrogen and oxygen atoms in total. The van der Waals surface area contributed by atoms with Gasteiger partial charge < -0.3 is 15.8 Å². The van der Waals surface area contributed by atoms with Gasteiger partial charge in [-0.2, -0.15) is 0 Å². The first-order valence-electron chi connectivity index (χ1n) is 6.19. The first-order chi connectivity index (χ1) is 8.53. The molecule has 0 saturated carbocycles. The monoisotopic (exact) mass is 250 g/mol. The Morgan fingerprint density at radius 3 is 2.50 bits per heavy atom. The van der Waals surface area contributed by atoms with Crippen molar-refractivity contribution in [1.82, 2.24) is 0 Å². The lowest BCUT2D eigenvalue weighted by molar-refractivity contribution is -0.119. The zero-order valence-corrected chi connectivity index (χ0v) is 11.5. The second kappa shape index (κ2) is 6.40. The Hall–Kier alpha value is -1.55. The number of aryl methyl sites for hydroxylation is 2. The largest absolute Gasteiger partial charge is 0.495 e. The molecule has 0 radical (unpaired) electrons. The van der Waals surface area contributed by atoms with Gasteiger partial charge in [0.25, 0.3) is 0 Å². The highest BCUT2D eigenvalue weighted by Gasteiger charge is 2.16. The highest BCUT2D eigenvalue weighted by atomic mass is 16.5. The highest BCUT2D eigenvalue weighted by molar-refractivity contribution is 5.94. The van der Waals surface area contributed by atoms with Crippen LogP contribution in [0.1, 0.15) is 24.5 Å². The van der Waals surface area contributed by atoms with E-state index in [1.165, 1.54) is 0 Å². The standard InChI is InChI=1S/C14H22N2O2/c1-5-11(8-15)14(17)16-12-6-9(2)10(3)7-13(12)18-4/h6-7,11H,5,8,15H2,1-4H3,(H,16,17). The Balaban J connectivity index is 2.96. The molecule has 0 aliphatic carbocycles. The minimum atomic E-state index is -0.156. The second-order valence-corrected chi connectivity index (χ2v) is 4.47. The zero-order valence-electron chi connectivity index (χ0n) is 11.5. The number of benzene rings is 1. The molecular weight excluding hydrogens is 228 g/mol. The fourth-order valence-corrected chi connectivity index (χ4v) is 1.75. The average Bonchev–Trinajstić information content (AvgIpc) is 2.35. The van der Waals surface area contributed by atoms with Crippen LogP contribution in [0.4, 0.5) is 5.69 Å². The Morgan fingerprint density at radius 1 is 1.39 bits per heavy atom. The van der Waals surface area contributed by atoms with E-state index in [0.29, 0.717) is 18.0 Å². The average molecular weight is 250 g/mol. The van der Waals surface area contributed by atoms with Gasteiger partial charge >= 0.3 is 0 Å². The van der Waals surface area contributed by atoms with E-state index >= 15 is 0 Å². The summed E-state index contributed by atoms with van der Waals surface area (Å²) < 4.78 is 5.28. The predicted molar refractivity (Wildman–Crippen MR) is 73.9 cm³/mol. The minimum Gasteiger partial charge on any atom is -0.495 e. The van der Waals surface area contributed by atoms with Crippen molar-refractivity contribution in [3.63, 3.8) is 0 Å². The van der Waals surface area contributed by atoms with E-state index in [9.17, 15) is 4.79 Å². The first-order valence-corrected chi connectivity index (χ1v) is 6.19. The molecule has 0 fully saturated rings. The number of hydrogen-bond acceptors (Lipinski definition) is 3. The van der Waals surface area contributed by atoms with E-state index in [4.69, 9.17) is 10.5 Å². The molecule has 0 saturated heterocycles. The van der Waals surface area contributed by atoms with Crippen LogP contribution in [0, 0.1) is 19.8 Å². The van der Waals surface area contributed by atoms with E-state index in [2.05, 4.69) is 5.32 Å². The lowest BCUT2D eigenvalue weighted by atomic mass is 10.0. The maximum atomic E-state index is 12.0. The first kappa shape index (κ1) is 14.5. The van der Waals surface area contributed by atoms with Gasteiger partial charge in [-0.3, -0.25) is 4.79 Å². The molecule has 0 bridgehead atoms. The van der Waals surface area contributed by atoms with Crippen molar-refractivity contribution in [2.45, 2.75) is 27.2 Å². The van der Waals surface area contributed by atoms with Crippen LogP contribution in [0.15, 0.2) is 12.1 Å². The minimum absolute atomic E-state index is 0.0541. The van der Waals surface area contributed by atoms with Gasteiger partial charge in [-0.15, -0.1) is 0 Å². The fraction of sp³-hybridized carbons (Fsp3) is 0.500. The maximum absolute atomic E-state index is 12.0. The summed E-state index contributed by atoms with van der Waals surface area (Å²) in [7, 11) is 1.60. The molecule has 1 rings (SSSR count). The van der Waals surface area contributed by atoms with Crippen LogP contribution in [0.2, 0.25) is 0 Å². The number of methoxy groups -OCH3 is 1. The molecule has 4 heteroatoms. The summed E-state index contributed by atoms with van der Waals surface area (Å²) in [5.41, 5.74) is 8.53. The third-order valence-corrected chi connectivity index (χ3v) is 3.22. The van der Waals surface area contributed by atoms with E-state index < -0.39 is 0 Å². The van der Waals surface area contributed by atoms with Gasteiger partial charge in [0.2, 0.25) is 5.91 Å². The molecule has 100 valence electrons. The number of rotatable bonds is 5. The molecule has 0 aliphatic rings. The third-order valence-electron chi connectivity index (χ3n) is 3.22. The molecule has 0 aliphatic heterocycles. The van der Waals surface area contributed by atoms with E-state index in [1.54, 1.807) is 7.11 Å². The van der Waals surface area contributed by atoms with Crippen molar-refractivity contribution >= 4 is 11.6 Å². The van der Waals surface area contributed by atoms with Crippen LogP contribution in [-0.2, 0) is 4.79 Å². The van der Waals surface area contributed by atoms with Crippen molar-refractivity contribution in [3.05, 3.63) is 23.3 Å². The number of anilines is 1. The van der Waals surface area contributed by atoms with Crippen molar-refractivity contribution in [1.29, 1.82) is 0 Å². The second-order valence-electron chi connectivity index (χ2n) is 4.47. The molecule has 3 N–H and O–H groups in total. The topological polar surface area (TPSA) is 64.4 Å². The predicted octanol–water partition coefficient (Wildman–Crippen LogP) is 2.24. The molecule has 0 heterocycles. The smallest absolute Gasteiger partial charge is 0.228 e. The normalized spacial score (nSPS) is 12.1. The highest BCUT2D eigenvalue weighted by Crippen LogP contribution is 2.28. The molecule has 1 atom stereocenters. The zero-order chi connectivity index (χ0) is 13.7. The van der Waals surface area contributed by atoms with Gasteiger partial charge in [0.1, 0.15) is 5.75 Å². The lowest BCUT2D eigenvalue weighted by Gasteiger charge is -2.16. The van der Waals surface area contributed by atoms with E-state index in [1.807, 2.05) is 32.9 Å². The van der Waals surface area contributed by atoms with Crippen LogP contribution in [-0.4, -0.2) is 19.6 Å². The van der Waals surface area contributed by atoms with Crippen LogP contribution in [0.25, 0.3) is 0 Å². The molecule has 18 heavy (non-hydrogen) atoms. The summed E-state index contributed by atoms with van der Waals surface area (Å²) in [4.78, 5) is 12.0. The van der Waals surface area contributed by atoms with Crippen LogP contribution in [0.3, 0.4) is 0 Å². The Labute approximate surface area is 109 Å². The SMILES string of the molecule is CCC(CN)C(=O)Nc1cc(C)c(C)cc1OC. The van der Waals surface area contributed by atoms with Crippen molar-refractivity contribution in [2.24, 2.45) is 11.7 Å². The number of hydrogen-bond donors (Lipinski definition) is 2. The van der Waals surface area contributed by atoms with Crippen molar-refractivity contribution < 1.29 is 9.53 Å². The van der Waals surface area contributed by atoms with E-state index in [-0.39, 0.29) is 11.8 Å². The summed E-state index contributed by atoms with van der Waals surface area (Å²) in [5, 5.41) is 2.89. The molecule has 0 spiro atoms. The van der Waals surface area contributed by atoms with Crippen LogP contribution < -0.4 is 15.8 Å². The van der Waals surface area contributed by atoms with Gasteiger partial charge in [0, 0.05) is 6.54 Å². The van der Waals surface area contributed by atoms with Gasteiger partial charge in [-0.25, -0.2) is 0 Å². The summed E-state index contributed by atoms with van der Waals surface area (Å²) in [6.07, 6.45) is 0.732. The Morgan fingerprint density at radius 2 is 2.00 bits per heavy atom. The summed E-state index contributed by atoms with van der Waals surface area (Å²) in [6, 6.07) is 3.85. The van der Waals surface area contributed by atoms with Crippen LogP contribution in [0.5, 0.6) is 5.75 Å². The molecular formula is C14H22N2O2. The van der Waals surface area contributed by atoms with E-state index in [0.717, 1.165) is 17.5 Å². The quantitative estimate of drug-likeness (QED) is 0.842. The summed E-state index contributed by atoms with van der Waals surface area (Å²) >= 11 is 0. The summed E-state index contributed by atoms with van der Waals surface area (Å²) in [6.45, 7) is 6.33. The number of nitrogens with one attached hydrogen (secondary N) is 1. The molecule has 1 amide bonds. The Kier molecular flexibility index (Phi) is 5.16. The lowest BCUT2D eigenvalue weighted by Crippen LogP contribution is -2.28. The van der Waals surface area contributed by atoms with Crippen LogP contribution >= 0.6 is 0 Å². The molecule has 1 aromatic rings. The molecule has 0 aromatic heterocycles. The van der Waals surface area contributed by atoms with Gasteiger partial charge in [-0.05, 0) is 43.5 Å². The molecule has 1 unspecified atom stereocenters. The van der Waals surface area contributed by atoms with Crippen molar-refractivity contribution in [2.75, 3.05) is 19.0 Å². The number of carbonyl (C=O) groups is 1. The van der Waals surface area contributed by atoms with Gasteiger partial charge in [0.15, 0.2) is 0 Å². The Bertz CT molecular complexity index is 426. The number of carbonyl (C=O) groups excluding carboxylic acids is 1. The third kappa shape index (κ3) is 3.23. The molecule has 1 aromatic carbocycles. The maximum Gasteiger partial charge on any atom is 0.228 e. The number of amides is 1. The van der Waals surface area contributed by atoms with Crippen molar-refractivity contribution in [3.8, 4) is 5.75 Å². The number of ether oxygens (including phenoxy) is 1. The number of nitrogens with two attached hydrogens (primary N) is 1. The van der Waals surface area contributed by atoms with Gasteiger partial charge in [0.05, 0.1) is 18.7 Å². The fourth-order valence-electron chi connectivity index (χ4n) is 1.75.